The molecule has 0 bridgehead atoms. The van der Waals surface area contributed by atoms with Crippen molar-refractivity contribution in [1.82, 2.24) is 4.90 Å². The summed E-state index contributed by atoms with van der Waals surface area (Å²) in [7, 11) is 0. The molecule has 0 amide bonds. The fraction of sp³-hybridized carbons (Fsp3) is 0.438. The molecule has 1 N–H and O–H groups in total. The molecule has 0 aliphatic carbocycles. The Hall–Kier alpha value is -1.61. The molecule has 19 heavy (non-hydrogen) atoms. The summed E-state index contributed by atoms with van der Waals surface area (Å²) in [5, 5.41) is 9.92. The van der Waals surface area contributed by atoms with Crippen molar-refractivity contribution in [1.29, 1.82) is 0 Å². The monoisotopic (exact) mass is 258 g/mol. The van der Waals surface area contributed by atoms with E-state index >= 15 is 0 Å². The first-order chi connectivity index (χ1) is 8.97. The third-order valence-corrected chi connectivity index (χ3v) is 3.37. The largest absolute Gasteiger partial charge is 0.508 e. The minimum atomic E-state index is 0.0290. The molecule has 1 aromatic carbocycles. The second-order valence-corrected chi connectivity index (χ2v) is 5.90. The van der Waals surface area contributed by atoms with Crippen LogP contribution in [0.4, 0.5) is 0 Å². The maximum absolute atomic E-state index is 9.92. The number of para-hydroxylation sites is 1. The van der Waals surface area contributed by atoms with Crippen LogP contribution in [0.25, 0.3) is 0 Å². The molecule has 3 heteroatoms. The van der Waals surface area contributed by atoms with Crippen molar-refractivity contribution in [3.05, 3.63) is 41.6 Å². The molecule has 1 aliphatic rings. The van der Waals surface area contributed by atoms with E-state index in [1.807, 2.05) is 24.4 Å². The number of aromatic hydroxyl groups is 1. The van der Waals surface area contributed by atoms with Crippen molar-refractivity contribution in [3.63, 3.8) is 0 Å². The first-order valence-electron chi connectivity index (χ1n) is 6.70. The van der Waals surface area contributed by atoms with Gasteiger partial charge in [0.1, 0.15) is 5.75 Å². The lowest BCUT2D eigenvalue weighted by molar-refractivity contribution is 0.140. The average molecular weight is 258 g/mol. The molecule has 0 aromatic heterocycles. The Labute approximate surface area is 115 Å². The maximum atomic E-state index is 9.92. The lowest BCUT2D eigenvalue weighted by atomic mass is 10.0. The SMILES string of the molecule is CC(C)(C)N(CC1=CCC=N1)Cc1ccccc1O. The van der Waals surface area contributed by atoms with Gasteiger partial charge in [0.15, 0.2) is 0 Å². The molecule has 2 rings (SSSR count). The molecular weight excluding hydrogens is 236 g/mol. The fourth-order valence-electron chi connectivity index (χ4n) is 2.09. The average Bonchev–Trinajstić information content (AvgIpc) is 2.82. The second-order valence-electron chi connectivity index (χ2n) is 5.90. The van der Waals surface area contributed by atoms with E-state index in [-0.39, 0.29) is 5.54 Å². The highest BCUT2D eigenvalue weighted by Crippen LogP contribution is 2.24. The standard InChI is InChI=1S/C16H22N2O/c1-16(2,3)18(12-14-8-6-10-17-14)11-13-7-4-5-9-15(13)19/h4-5,7-10,19H,6,11-12H2,1-3H3. The van der Waals surface area contributed by atoms with Crippen LogP contribution < -0.4 is 0 Å². The van der Waals surface area contributed by atoms with Gasteiger partial charge in [-0.05, 0) is 26.8 Å². The summed E-state index contributed by atoms with van der Waals surface area (Å²) in [6.07, 6.45) is 5.03. The Kier molecular flexibility index (Phi) is 4.05. The molecule has 0 saturated carbocycles. The van der Waals surface area contributed by atoms with Crippen LogP contribution in [0.15, 0.2) is 41.0 Å². The molecule has 102 valence electrons. The summed E-state index contributed by atoms with van der Waals surface area (Å²) >= 11 is 0. The van der Waals surface area contributed by atoms with Crippen molar-refractivity contribution in [3.8, 4) is 5.75 Å². The molecule has 3 nitrogen and oxygen atoms in total. The van der Waals surface area contributed by atoms with Crippen molar-refractivity contribution < 1.29 is 5.11 Å². The van der Waals surface area contributed by atoms with Crippen LogP contribution in [0.3, 0.4) is 0 Å². The van der Waals surface area contributed by atoms with Gasteiger partial charge in [-0.25, -0.2) is 0 Å². The van der Waals surface area contributed by atoms with Crippen LogP contribution in [0.1, 0.15) is 32.8 Å². The molecule has 1 aromatic rings. The van der Waals surface area contributed by atoms with E-state index in [0.29, 0.717) is 5.75 Å². The third kappa shape index (κ3) is 3.67. The van der Waals surface area contributed by atoms with Crippen molar-refractivity contribution in [2.75, 3.05) is 6.54 Å². The van der Waals surface area contributed by atoms with E-state index in [4.69, 9.17) is 0 Å². The van der Waals surface area contributed by atoms with Gasteiger partial charge in [-0.1, -0.05) is 24.3 Å². The maximum Gasteiger partial charge on any atom is 0.120 e. The Balaban J connectivity index is 2.15. The summed E-state index contributed by atoms with van der Waals surface area (Å²) in [6.45, 7) is 8.10. The molecule has 0 fully saturated rings. The van der Waals surface area contributed by atoms with Gasteiger partial charge in [-0.3, -0.25) is 9.89 Å². The molecule has 0 spiro atoms. The normalized spacial score (nSPS) is 15.1. The van der Waals surface area contributed by atoms with Gasteiger partial charge in [-0.2, -0.15) is 0 Å². The predicted molar refractivity (Wildman–Crippen MR) is 79.5 cm³/mol. The molecule has 0 saturated heterocycles. The van der Waals surface area contributed by atoms with Gasteiger partial charge < -0.3 is 5.11 Å². The molecular formula is C16H22N2O. The molecule has 1 heterocycles. The van der Waals surface area contributed by atoms with Gasteiger partial charge in [0, 0.05) is 36.8 Å². The summed E-state index contributed by atoms with van der Waals surface area (Å²) in [5.74, 6) is 0.362. The van der Waals surface area contributed by atoms with Gasteiger partial charge >= 0.3 is 0 Å². The number of allylic oxidation sites excluding steroid dienone is 1. The highest BCUT2D eigenvalue weighted by molar-refractivity contribution is 5.64. The Morgan fingerprint density at radius 2 is 1.95 bits per heavy atom. The summed E-state index contributed by atoms with van der Waals surface area (Å²) in [6, 6.07) is 7.52. The minimum Gasteiger partial charge on any atom is -0.508 e. The quantitative estimate of drug-likeness (QED) is 0.899. The van der Waals surface area contributed by atoms with Gasteiger partial charge in [0.2, 0.25) is 0 Å². The number of phenolic OH excluding ortho intramolecular Hbond substituents is 1. The third-order valence-electron chi connectivity index (χ3n) is 3.37. The zero-order valence-electron chi connectivity index (χ0n) is 11.9. The summed E-state index contributed by atoms with van der Waals surface area (Å²) in [4.78, 5) is 6.71. The first-order valence-corrected chi connectivity index (χ1v) is 6.70. The van der Waals surface area contributed by atoms with E-state index in [9.17, 15) is 5.11 Å². The number of nitrogens with zero attached hydrogens (tertiary/aromatic N) is 2. The summed E-state index contributed by atoms with van der Waals surface area (Å²) in [5.41, 5.74) is 2.10. The Bertz CT molecular complexity index is 498. The Morgan fingerprint density at radius 1 is 1.21 bits per heavy atom. The predicted octanol–water partition coefficient (Wildman–Crippen LogP) is 3.35. The number of phenols is 1. The number of rotatable bonds is 4. The lowest BCUT2D eigenvalue weighted by Gasteiger charge is -2.35. The Morgan fingerprint density at radius 3 is 2.53 bits per heavy atom. The van der Waals surface area contributed by atoms with E-state index in [2.05, 4.69) is 36.7 Å². The lowest BCUT2D eigenvalue weighted by Crippen LogP contribution is -2.41. The highest BCUT2D eigenvalue weighted by Gasteiger charge is 2.23. The zero-order valence-corrected chi connectivity index (χ0v) is 11.9. The van der Waals surface area contributed by atoms with Crippen molar-refractivity contribution in [2.24, 2.45) is 4.99 Å². The highest BCUT2D eigenvalue weighted by atomic mass is 16.3. The first kappa shape index (κ1) is 13.8. The molecule has 0 atom stereocenters. The number of hydrogen-bond donors (Lipinski definition) is 1. The number of hydrogen-bond acceptors (Lipinski definition) is 3. The molecule has 0 radical (unpaired) electrons. The fourth-order valence-corrected chi connectivity index (χ4v) is 2.09. The van der Waals surface area contributed by atoms with Gasteiger partial charge in [0.05, 0.1) is 5.70 Å². The van der Waals surface area contributed by atoms with Crippen molar-refractivity contribution >= 4 is 6.21 Å². The van der Waals surface area contributed by atoms with E-state index < -0.39 is 0 Å². The van der Waals surface area contributed by atoms with Crippen LogP contribution >= 0.6 is 0 Å². The van der Waals surface area contributed by atoms with E-state index in [0.717, 1.165) is 30.8 Å². The molecule has 1 aliphatic heterocycles. The smallest absolute Gasteiger partial charge is 0.120 e. The van der Waals surface area contributed by atoms with Gasteiger partial charge in [-0.15, -0.1) is 0 Å². The number of benzene rings is 1. The zero-order chi connectivity index (χ0) is 13.9. The minimum absolute atomic E-state index is 0.0290. The van der Waals surface area contributed by atoms with Crippen LogP contribution in [0, 0.1) is 0 Å². The number of aliphatic imine (C=N–C) groups is 1. The van der Waals surface area contributed by atoms with Crippen LogP contribution in [0.5, 0.6) is 5.75 Å². The van der Waals surface area contributed by atoms with Crippen LogP contribution in [-0.4, -0.2) is 28.3 Å². The van der Waals surface area contributed by atoms with E-state index in [1.165, 1.54) is 0 Å². The van der Waals surface area contributed by atoms with E-state index in [1.54, 1.807) is 6.07 Å². The van der Waals surface area contributed by atoms with Gasteiger partial charge in [0.25, 0.3) is 0 Å². The molecule has 0 unspecified atom stereocenters. The summed E-state index contributed by atoms with van der Waals surface area (Å²) < 4.78 is 0. The second kappa shape index (κ2) is 5.57. The topological polar surface area (TPSA) is 35.8 Å². The van der Waals surface area contributed by atoms with Crippen molar-refractivity contribution in [2.45, 2.75) is 39.3 Å². The van der Waals surface area contributed by atoms with Crippen LogP contribution in [-0.2, 0) is 6.54 Å². The van der Waals surface area contributed by atoms with Crippen LogP contribution in [0.2, 0.25) is 0 Å².